The van der Waals surface area contributed by atoms with E-state index in [4.69, 9.17) is 9.97 Å². The summed E-state index contributed by atoms with van der Waals surface area (Å²) in [6, 6.07) is 73.0. The molecule has 1 aliphatic rings. The molecule has 0 aliphatic heterocycles. The van der Waals surface area contributed by atoms with E-state index in [1.807, 2.05) is 11.3 Å². The highest BCUT2D eigenvalue weighted by Crippen LogP contribution is 2.52. The van der Waals surface area contributed by atoms with Gasteiger partial charge in [-0.1, -0.05) is 152 Å². The second-order valence-corrected chi connectivity index (χ2v) is 17.6. The minimum atomic E-state index is 0.660. The zero-order valence-corrected chi connectivity index (χ0v) is 34.1. The molecule has 3 heterocycles. The highest BCUT2D eigenvalue weighted by Gasteiger charge is 2.24. The maximum absolute atomic E-state index is 5.40. The van der Waals surface area contributed by atoms with Crippen LogP contribution in [0.5, 0.6) is 0 Å². The molecule has 286 valence electrons. The SMILES string of the molecule is c1ccc2c(c1)-c1cccc3c1c-2cc1sc2ccc(-c4ccc5c(c4)c4ccccc4n5-c4nc(-c5ccc(-c6ccc7ccccc7c6)cc5)c5ccccc5n4)cc2c13. The van der Waals surface area contributed by atoms with E-state index in [2.05, 4.69) is 205 Å². The van der Waals surface area contributed by atoms with Crippen LogP contribution in [0.4, 0.5) is 0 Å². The minimum absolute atomic E-state index is 0.660. The van der Waals surface area contributed by atoms with Gasteiger partial charge in [0.25, 0.3) is 0 Å². The summed E-state index contributed by atoms with van der Waals surface area (Å²) in [6.45, 7) is 0. The number of benzene rings is 10. The lowest BCUT2D eigenvalue weighted by Crippen LogP contribution is -2.03. The molecule has 0 amide bonds. The van der Waals surface area contributed by atoms with Gasteiger partial charge in [-0.25, -0.2) is 9.97 Å². The van der Waals surface area contributed by atoms with Crippen molar-refractivity contribution in [2.24, 2.45) is 0 Å². The third kappa shape index (κ3) is 4.87. The first kappa shape index (κ1) is 33.9. The molecule has 14 rings (SSSR count). The molecule has 1 aliphatic carbocycles. The summed E-state index contributed by atoms with van der Waals surface area (Å²) in [5.74, 6) is 0.660. The standard InChI is InChI=1S/C58H33N3S/c1-2-11-37-30-38(25-22-34(37)10-1)35-20-23-36(24-21-35)57-45-15-5-7-18-50(45)59-58(60-57)61-51-19-8-6-14-43(51)47-31-39(26-28-52(47)61)40-27-29-53-49(32-40)56-46-17-9-16-44-41-12-3-4-13-42(41)48(55(44)46)33-54(56)62-53/h1-33H. The Balaban J connectivity index is 0.906. The van der Waals surface area contributed by atoms with Gasteiger partial charge in [0.05, 0.1) is 22.2 Å². The Morgan fingerprint density at radius 1 is 0.339 bits per heavy atom. The molecule has 0 radical (unpaired) electrons. The van der Waals surface area contributed by atoms with E-state index in [9.17, 15) is 0 Å². The van der Waals surface area contributed by atoms with E-state index in [0.29, 0.717) is 5.95 Å². The molecule has 0 bridgehead atoms. The third-order valence-corrected chi connectivity index (χ3v) is 14.3. The Kier molecular flexibility index (Phi) is 6.99. The van der Waals surface area contributed by atoms with Crippen molar-refractivity contribution in [3.63, 3.8) is 0 Å². The second kappa shape index (κ2) is 12.8. The molecule has 62 heavy (non-hydrogen) atoms. The number of hydrogen-bond donors (Lipinski definition) is 0. The van der Waals surface area contributed by atoms with Crippen molar-refractivity contribution in [2.75, 3.05) is 0 Å². The van der Waals surface area contributed by atoms with Gasteiger partial charge in [0, 0.05) is 41.9 Å². The van der Waals surface area contributed by atoms with Crippen molar-refractivity contribution in [3.8, 4) is 61.7 Å². The molecule has 3 aromatic heterocycles. The van der Waals surface area contributed by atoms with Crippen LogP contribution in [0.1, 0.15) is 0 Å². The molecular weight excluding hydrogens is 771 g/mol. The molecule has 13 aromatic rings. The Morgan fingerprint density at radius 3 is 1.85 bits per heavy atom. The zero-order valence-electron chi connectivity index (χ0n) is 33.3. The van der Waals surface area contributed by atoms with Crippen LogP contribution in [0.25, 0.3) is 136 Å². The predicted octanol–water partition coefficient (Wildman–Crippen LogP) is 16.0. The molecule has 0 fully saturated rings. The van der Waals surface area contributed by atoms with Gasteiger partial charge in [-0.15, -0.1) is 11.3 Å². The molecule has 4 heteroatoms. The first-order valence-corrected chi connectivity index (χ1v) is 22.0. The molecule has 0 saturated heterocycles. The first-order chi connectivity index (χ1) is 30.7. The number of aromatic nitrogens is 3. The predicted molar refractivity (Wildman–Crippen MR) is 263 cm³/mol. The summed E-state index contributed by atoms with van der Waals surface area (Å²) >= 11 is 1.90. The van der Waals surface area contributed by atoms with Crippen LogP contribution in [0.15, 0.2) is 200 Å². The second-order valence-electron chi connectivity index (χ2n) is 16.5. The maximum atomic E-state index is 5.40. The monoisotopic (exact) mass is 803 g/mol. The smallest absolute Gasteiger partial charge is 0.235 e. The van der Waals surface area contributed by atoms with Crippen LogP contribution in [0.3, 0.4) is 0 Å². The van der Waals surface area contributed by atoms with Crippen LogP contribution in [0.2, 0.25) is 0 Å². The average Bonchev–Trinajstić information content (AvgIpc) is 3.99. The number of para-hydroxylation sites is 2. The summed E-state index contributed by atoms with van der Waals surface area (Å²) in [6.07, 6.45) is 0. The molecule has 0 spiro atoms. The maximum Gasteiger partial charge on any atom is 0.235 e. The van der Waals surface area contributed by atoms with E-state index in [-0.39, 0.29) is 0 Å². The zero-order chi connectivity index (χ0) is 40.5. The summed E-state index contributed by atoms with van der Waals surface area (Å²) in [4.78, 5) is 10.6. The van der Waals surface area contributed by atoms with E-state index in [1.165, 1.54) is 97.0 Å². The van der Waals surface area contributed by atoms with Crippen LogP contribution in [0, 0.1) is 0 Å². The lowest BCUT2D eigenvalue weighted by atomic mass is 9.96. The van der Waals surface area contributed by atoms with E-state index >= 15 is 0 Å². The highest BCUT2D eigenvalue weighted by atomic mass is 32.1. The van der Waals surface area contributed by atoms with Gasteiger partial charge in [-0.3, -0.25) is 4.57 Å². The van der Waals surface area contributed by atoms with Crippen molar-refractivity contribution in [1.82, 2.24) is 14.5 Å². The molecular formula is C58H33N3S. The average molecular weight is 804 g/mol. The summed E-state index contributed by atoms with van der Waals surface area (Å²) in [7, 11) is 0. The van der Waals surface area contributed by atoms with Gasteiger partial charge in [-0.05, 0) is 115 Å². The molecule has 0 unspecified atom stereocenters. The Morgan fingerprint density at radius 2 is 0.968 bits per heavy atom. The van der Waals surface area contributed by atoms with Crippen molar-refractivity contribution in [2.45, 2.75) is 0 Å². The summed E-state index contributed by atoms with van der Waals surface area (Å²) in [5.41, 5.74) is 15.2. The summed E-state index contributed by atoms with van der Waals surface area (Å²) in [5, 5.41) is 11.2. The van der Waals surface area contributed by atoms with Crippen LogP contribution in [-0.4, -0.2) is 14.5 Å². The quantitative estimate of drug-likeness (QED) is 0.177. The van der Waals surface area contributed by atoms with E-state index in [0.717, 1.165) is 33.2 Å². The van der Waals surface area contributed by atoms with Crippen molar-refractivity contribution >= 4 is 85.8 Å². The van der Waals surface area contributed by atoms with Crippen molar-refractivity contribution < 1.29 is 0 Å². The van der Waals surface area contributed by atoms with Crippen LogP contribution < -0.4 is 0 Å². The Hall–Kier alpha value is -7.92. The Bertz CT molecular complexity index is 4040. The molecule has 10 aromatic carbocycles. The largest absolute Gasteiger partial charge is 0.278 e. The van der Waals surface area contributed by atoms with Gasteiger partial charge in [-0.2, -0.15) is 0 Å². The highest BCUT2D eigenvalue weighted by molar-refractivity contribution is 7.26. The van der Waals surface area contributed by atoms with Gasteiger partial charge in [0.1, 0.15) is 0 Å². The van der Waals surface area contributed by atoms with Gasteiger partial charge in [0.2, 0.25) is 5.95 Å². The number of nitrogens with zero attached hydrogens (tertiary/aromatic N) is 3. The van der Waals surface area contributed by atoms with Crippen molar-refractivity contribution in [3.05, 3.63) is 200 Å². The molecule has 0 saturated carbocycles. The number of fused-ring (bicyclic) bond motifs is 12. The fraction of sp³-hybridized carbons (Fsp3) is 0. The first-order valence-electron chi connectivity index (χ1n) is 21.1. The number of rotatable bonds is 4. The lowest BCUT2D eigenvalue weighted by Gasteiger charge is -2.12. The Labute approximate surface area is 360 Å². The van der Waals surface area contributed by atoms with Crippen molar-refractivity contribution in [1.29, 1.82) is 0 Å². The third-order valence-electron chi connectivity index (χ3n) is 13.1. The van der Waals surface area contributed by atoms with E-state index < -0.39 is 0 Å². The number of hydrogen-bond acceptors (Lipinski definition) is 3. The minimum Gasteiger partial charge on any atom is -0.278 e. The fourth-order valence-corrected chi connectivity index (χ4v) is 11.4. The van der Waals surface area contributed by atoms with Gasteiger partial charge >= 0.3 is 0 Å². The normalized spacial score (nSPS) is 12.2. The molecule has 0 atom stereocenters. The summed E-state index contributed by atoms with van der Waals surface area (Å²) < 4.78 is 4.89. The van der Waals surface area contributed by atoms with Gasteiger partial charge < -0.3 is 0 Å². The molecule has 3 nitrogen and oxygen atoms in total. The lowest BCUT2D eigenvalue weighted by molar-refractivity contribution is 1.01. The van der Waals surface area contributed by atoms with E-state index in [1.54, 1.807) is 0 Å². The molecule has 0 N–H and O–H groups in total. The topological polar surface area (TPSA) is 30.7 Å². The van der Waals surface area contributed by atoms with Gasteiger partial charge in [0.15, 0.2) is 0 Å². The van der Waals surface area contributed by atoms with Crippen LogP contribution >= 0.6 is 11.3 Å². The fourth-order valence-electron chi connectivity index (χ4n) is 10.3. The van der Waals surface area contributed by atoms with Crippen LogP contribution in [-0.2, 0) is 0 Å². The number of thiophene rings is 1.